The molecule has 1 rings (SSSR count). The van der Waals surface area contributed by atoms with E-state index < -0.39 is 10.0 Å². The van der Waals surface area contributed by atoms with Crippen molar-refractivity contribution >= 4 is 15.7 Å². The van der Waals surface area contributed by atoms with Gasteiger partial charge in [-0.3, -0.25) is 5.84 Å². The minimum Gasteiger partial charge on any atom is -0.381 e. The Morgan fingerprint density at radius 1 is 1.21 bits per heavy atom. The average molecular weight is 287 g/mol. The second-order valence-corrected chi connectivity index (χ2v) is 5.80. The van der Waals surface area contributed by atoms with E-state index in [2.05, 4.69) is 10.1 Å². The van der Waals surface area contributed by atoms with Crippen molar-refractivity contribution in [2.24, 2.45) is 5.84 Å². The van der Waals surface area contributed by atoms with E-state index in [0.717, 1.165) is 6.42 Å². The van der Waals surface area contributed by atoms with Crippen molar-refractivity contribution in [3.63, 3.8) is 0 Å². The van der Waals surface area contributed by atoms with E-state index in [9.17, 15) is 8.42 Å². The quantitative estimate of drug-likeness (QED) is 0.359. The number of nitrogen functional groups attached to an aromatic ring is 1. The summed E-state index contributed by atoms with van der Waals surface area (Å²) in [4.78, 5) is 0.223. The Hall–Kier alpha value is -1.15. The lowest BCUT2D eigenvalue weighted by atomic mass is 10.3. The summed E-state index contributed by atoms with van der Waals surface area (Å²) in [6.07, 6.45) is 1.62. The molecule has 1 aromatic carbocycles. The number of ether oxygens (including phenoxy) is 1. The van der Waals surface area contributed by atoms with Crippen LogP contribution in [0.25, 0.3) is 0 Å². The molecule has 0 spiro atoms. The molecule has 6 nitrogen and oxygen atoms in total. The summed E-state index contributed by atoms with van der Waals surface area (Å²) in [6.45, 7) is 3.66. The zero-order chi connectivity index (χ0) is 14.1. The smallest absolute Gasteiger partial charge is 0.240 e. The second kappa shape index (κ2) is 8.11. The minimum absolute atomic E-state index is 0.223. The van der Waals surface area contributed by atoms with Gasteiger partial charge in [-0.25, -0.2) is 13.1 Å². The number of sulfonamides is 1. The van der Waals surface area contributed by atoms with Crippen LogP contribution in [0.4, 0.5) is 5.69 Å². The van der Waals surface area contributed by atoms with Gasteiger partial charge in [0.1, 0.15) is 0 Å². The molecule has 0 unspecified atom stereocenters. The predicted octanol–water partition coefficient (Wildman–Crippen LogP) is 1.07. The Morgan fingerprint density at radius 3 is 2.47 bits per heavy atom. The molecular weight excluding hydrogens is 266 g/mol. The number of rotatable bonds is 9. The molecule has 0 fully saturated rings. The molecule has 1 aromatic rings. The molecule has 0 radical (unpaired) electrons. The largest absolute Gasteiger partial charge is 0.381 e. The lowest BCUT2D eigenvalue weighted by Crippen LogP contribution is -2.25. The molecule has 0 aliphatic carbocycles. The van der Waals surface area contributed by atoms with Crippen LogP contribution in [0.2, 0.25) is 0 Å². The van der Waals surface area contributed by atoms with Crippen LogP contribution in [-0.2, 0) is 14.8 Å². The van der Waals surface area contributed by atoms with Gasteiger partial charge in [0.15, 0.2) is 0 Å². The van der Waals surface area contributed by atoms with Crippen LogP contribution in [-0.4, -0.2) is 28.2 Å². The third-order valence-electron chi connectivity index (χ3n) is 2.44. The summed E-state index contributed by atoms with van der Waals surface area (Å²) in [6, 6.07) is 6.23. The molecule has 0 atom stereocenters. The predicted molar refractivity (Wildman–Crippen MR) is 75.2 cm³/mol. The molecule has 7 heteroatoms. The van der Waals surface area contributed by atoms with Crippen molar-refractivity contribution in [3.8, 4) is 0 Å². The molecular formula is C12H21N3O3S. The van der Waals surface area contributed by atoms with E-state index in [1.54, 1.807) is 12.1 Å². The van der Waals surface area contributed by atoms with Crippen LogP contribution >= 0.6 is 0 Å². The normalized spacial score (nSPS) is 11.5. The third kappa shape index (κ3) is 5.56. The molecule has 0 aliphatic heterocycles. The van der Waals surface area contributed by atoms with Gasteiger partial charge >= 0.3 is 0 Å². The van der Waals surface area contributed by atoms with Gasteiger partial charge in [0.25, 0.3) is 0 Å². The van der Waals surface area contributed by atoms with E-state index in [4.69, 9.17) is 10.6 Å². The molecule has 4 N–H and O–H groups in total. The number of anilines is 1. The fraction of sp³-hybridized carbons (Fsp3) is 0.500. The molecule has 0 amide bonds. The highest BCUT2D eigenvalue weighted by Gasteiger charge is 2.12. The first kappa shape index (κ1) is 15.9. The number of hydrogen-bond acceptors (Lipinski definition) is 5. The van der Waals surface area contributed by atoms with Crippen molar-refractivity contribution in [2.45, 2.75) is 24.7 Å². The third-order valence-corrected chi connectivity index (χ3v) is 3.91. The van der Waals surface area contributed by atoms with E-state index in [-0.39, 0.29) is 4.90 Å². The summed E-state index contributed by atoms with van der Waals surface area (Å²) >= 11 is 0. The van der Waals surface area contributed by atoms with Crippen LogP contribution in [0.5, 0.6) is 0 Å². The van der Waals surface area contributed by atoms with Gasteiger partial charge in [-0.05, 0) is 37.1 Å². The van der Waals surface area contributed by atoms with Gasteiger partial charge in [-0.2, -0.15) is 0 Å². The van der Waals surface area contributed by atoms with Crippen LogP contribution in [0.3, 0.4) is 0 Å². The van der Waals surface area contributed by atoms with Gasteiger partial charge in [0.05, 0.1) is 4.90 Å². The summed E-state index contributed by atoms with van der Waals surface area (Å²) in [7, 11) is -3.45. The number of benzene rings is 1. The highest BCUT2D eigenvalue weighted by Crippen LogP contribution is 2.12. The minimum atomic E-state index is -3.45. The van der Waals surface area contributed by atoms with Crippen LogP contribution in [0.1, 0.15) is 19.8 Å². The van der Waals surface area contributed by atoms with Crippen molar-refractivity contribution < 1.29 is 13.2 Å². The molecule has 0 saturated heterocycles. The Morgan fingerprint density at radius 2 is 1.89 bits per heavy atom. The van der Waals surface area contributed by atoms with E-state index in [0.29, 0.717) is 31.9 Å². The Kier molecular flexibility index (Phi) is 6.79. The number of hydrogen-bond donors (Lipinski definition) is 3. The molecule has 0 heterocycles. The number of nitrogens with two attached hydrogens (primary N) is 1. The van der Waals surface area contributed by atoms with Gasteiger partial charge < -0.3 is 10.2 Å². The fourth-order valence-electron chi connectivity index (χ4n) is 1.44. The van der Waals surface area contributed by atoms with Crippen molar-refractivity contribution in [2.75, 3.05) is 25.2 Å². The molecule has 19 heavy (non-hydrogen) atoms. The van der Waals surface area contributed by atoms with Crippen molar-refractivity contribution in [1.29, 1.82) is 0 Å². The first-order valence-electron chi connectivity index (χ1n) is 6.24. The Balaban J connectivity index is 2.42. The Bertz CT molecular complexity index is 460. The maximum absolute atomic E-state index is 11.9. The average Bonchev–Trinajstić information content (AvgIpc) is 2.43. The SMILES string of the molecule is CCCOCCCNS(=O)(=O)c1ccc(NN)cc1. The van der Waals surface area contributed by atoms with E-state index in [1.807, 2.05) is 6.92 Å². The zero-order valence-corrected chi connectivity index (χ0v) is 11.9. The summed E-state index contributed by atoms with van der Waals surface area (Å²) < 4.78 is 31.6. The van der Waals surface area contributed by atoms with E-state index >= 15 is 0 Å². The fourth-order valence-corrected chi connectivity index (χ4v) is 2.51. The van der Waals surface area contributed by atoms with Gasteiger partial charge in [0, 0.05) is 25.4 Å². The van der Waals surface area contributed by atoms with Crippen LogP contribution in [0.15, 0.2) is 29.2 Å². The zero-order valence-electron chi connectivity index (χ0n) is 11.1. The van der Waals surface area contributed by atoms with Crippen LogP contribution in [0, 0.1) is 0 Å². The molecule has 0 aromatic heterocycles. The molecule has 0 bridgehead atoms. The highest BCUT2D eigenvalue weighted by atomic mass is 32.2. The maximum Gasteiger partial charge on any atom is 0.240 e. The first-order valence-corrected chi connectivity index (χ1v) is 7.72. The summed E-state index contributed by atoms with van der Waals surface area (Å²) in [5.41, 5.74) is 3.10. The number of hydrazine groups is 1. The number of nitrogens with one attached hydrogen (secondary N) is 2. The lowest BCUT2D eigenvalue weighted by Gasteiger charge is -2.08. The van der Waals surface area contributed by atoms with Gasteiger partial charge in [0.2, 0.25) is 10.0 Å². The maximum atomic E-state index is 11.9. The van der Waals surface area contributed by atoms with Crippen molar-refractivity contribution in [1.82, 2.24) is 4.72 Å². The van der Waals surface area contributed by atoms with Gasteiger partial charge in [-0.1, -0.05) is 6.92 Å². The molecule has 0 saturated carbocycles. The van der Waals surface area contributed by atoms with Crippen LogP contribution < -0.4 is 16.0 Å². The summed E-state index contributed by atoms with van der Waals surface area (Å²) in [5, 5.41) is 0. The Labute approximate surface area is 114 Å². The standard InChI is InChI=1S/C12H21N3O3S/c1-2-9-18-10-3-8-14-19(16,17)12-6-4-11(15-13)5-7-12/h4-7,14-15H,2-3,8-10,13H2,1H3. The van der Waals surface area contributed by atoms with E-state index in [1.165, 1.54) is 12.1 Å². The molecule has 0 aliphatic rings. The highest BCUT2D eigenvalue weighted by molar-refractivity contribution is 7.89. The van der Waals surface area contributed by atoms with Gasteiger partial charge in [-0.15, -0.1) is 0 Å². The second-order valence-electron chi connectivity index (χ2n) is 4.03. The monoisotopic (exact) mass is 287 g/mol. The summed E-state index contributed by atoms with van der Waals surface area (Å²) in [5.74, 6) is 5.22. The molecule has 108 valence electrons. The van der Waals surface area contributed by atoms with Crippen molar-refractivity contribution in [3.05, 3.63) is 24.3 Å². The topological polar surface area (TPSA) is 93.4 Å². The lowest BCUT2D eigenvalue weighted by molar-refractivity contribution is 0.133. The first-order chi connectivity index (χ1) is 9.10.